The highest BCUT2D eigenvalue weighted by atomic mass is 32.2. The van der Waals surface area contributed by atoms with E-state index in [-0.39, 0.29) is 11.7 Å². The Kier molecular flexibility index (Phi) is 9.13. The van der Waals surface area contributed by atoms with Gasteiger partial charge < -0.3 is 15.4 Å². The minimum Gasteiger partial charge on any atom is -0.390 e. The van der Waals surface area contributed by atoms with Gasteiger partial charge in [0.1, 0.15) is 11.6 Å². The van der Waals surface area contributed by atoms with E-state index < -0.39 is 5.91 Å². The maximum atomic E-state index is 12.5. The minimum absolute atomic E-state index is 0.0318. The van der Waals surface area contributed by atoms with Crippen LogP contribution in [-0.4, -0.2) is 25.2 Å². The van der Waals surface area contributed by atoms with Crippen molar-refractivity contribution in [2.24, 2.45) is 0 Å². The van der Waals surface area contributed by atoms with Gasteiger partial charge in [0.2, 0.25) is 0 Å². The third-order valence-electron chi connectivity index (χ3n) is 3.63. The summed E-state index contributed by atoms with van der Waals surface area (Å²) in [6.07, 6.45) is 2.45. The molecule has 0 fully saturated rings. The lowest BCUT2D eigenvalue weighted by Crippen LogP contribution is -2.18. The molecule has 0 heterocycles. The summed E-state index contributed by atoms with van der Waals surface area (Å²) >= 11 is 1.56. The van der Waals surface area contributed by atoms with Gasteiger partial charge in [-0.05, 0) is 44.5 Å². The molecule has 2 N–H and O–H groups in total. The Labute approximate surface area is 170 Å². The van der Waals surface area contributed by atoms with Gasteiger partial charge in [-0.25, -0.2) is 0 Å². The van der Waals surface area contributed by atoms with Crippen LogP contribution in [0.25, 0.3) is 0 Å². The summed E-state index contributed by atoms with van der Waals surface area (Å²) < 4.78 is 5.46. The van der Waals surface area contributed by atoms with Gasteiger partial charge in [-0.3, -0.25) is 4.79 Å². The molecule has 0 spiro atoms. The summed E-state index contributed by atoms with van der Waals surface area (Å²) in [5.41, 5.74) is 0.706. The fraction of sp³-hybridized carbons (Fsp3) is 0.273. The van der Waals surface area contributed by atoms with E-state index in [0.29, 0.717) is 18.8 Å². The van der Waals surface area contributed by atoms with E-state index in [9.17, 15) is 10.1 Å². The number of benzene rings is 2. The molecule has 2 aromatic carbocycles. The summed E-state index contributed by atoms with van der Waals surface area (Å²) in [7, 11) is 0. The number of ether oxygens (including phenoxy) is 1. The Hall–Kier alpha value is -2.75. The van der Waals surface area contributed by atoms with Crippen molar-refractivity contribution in [3.05, 3.63) is 66.4 Å². The number of rotatable bonds is 10. The molecule has 0 bridgehead atoms. The predicted molar refractivity (Wildman–Crippen MR) is 113 cm³/mol. The molecule has 146 valence electrons. The molecule has 0 aliphatic heterocycles. The Bertz CT molecular complexity index is 829. The van der Waals surface area contributed by atoms with Crippen molar-refractivity contribution >= 4 is 23.4 Å². The zero-order valence-corrected chi connectivity index (χ0v) is 17.0. The van der Waals surface area contributed by atoms with Crippen molar-refractivity contribution in [1.29, 1.82) is 5.26 Å². The molecule has 5 nitrogen and oxygen atoms in total. The Morgan fingerprint density at radius 3 is 2.61 bits per heavy atom. The van der Waals surface area contributed by atoms with E-state index in [1.54, 1.807) is 11.8 Å². The molecule has 28 heavy (non-hydrogen) atoms. The minimum atomic E-state index is -0.436. The van der Waals surface area contributed by atoms with E-state index in [1.807, 2.05) is 74.5 Å². The predicted octanol–water partition coefficient (Wildman–Crippen LogP) is 4.59. The summed E-state index contributed by atoms with van der Waals surface area (Å²) in [4.78, 5) is 14.5. The van der Waals surface area contributed by atoms with Gasteiger partial charge in [0.15, 0.2) is 0 Å². The highest BCUT2D eigenvalue weighted by Gasteiger charge is 2.12. The SMILES string of the molecule is CC(C)OCCCN/C=C(/C#N)C(=O)Nc1ccccc1Sc1ccccc1. The zero-order chi connectivity index (χ0) is 20.2. The monoisotopic (exact) mass is 395 g/mol. The van der Waals surface area contributed by atoms with E-state index in [2.05, 4.69) is 10.6 Å². The van der Waals surface area contributed by atoms with E-state index in [0.717, 1.165) is 16.2 Å². The van der Waals surface area contributed by atoms with Gasteiger partial charge in [0, 0.05) is 29.1 Å². The van der Waals surface area contributed by atoms with E-state index in [4.69, 9.17) is 4.74 Å². The number of carbonyl (C=O) groups excluding carboxylic acids is 1. The lowest BCUT2D eigenvalue weighted by Gasteiger charge is -2.11. The molecule has 2 aromatic rings. The average Bonchev–Trinajstić information content (AvgIpc) is 2.69. The number of nitriles is 1. The third kappa shape index (κ3) is 7.47. The topological polar surface area (TPSA) is 74.1 Å². The van der Waals surface area contributed by atoms with Gasteiger partial charge in [-0.15, -0.1) is 0 Å². The summed E-state index contributed by atoms with van der Waals surface area (Å²) in [6.45, 7) is 5.24. The highest BCUT2D eigenvalue weighted by Crippen LogP contribution is 2.33. The lowest BCUT2D eigenvalue weighted by molar-refractivity contribution is -0.112. The molecule has 0 aliphatic carbocycles. The molecule has 1 amide bonds. The molecular formula is C22H25N3O2S. The van der Waals surface area contributed by atoms with Crippen molar-refractivity contribution in [2.45, 2.75) is 36.2 Å². The lowest BCUT2D eigenvalue weighted by atomic mass is 10.2. The second kappa shape index (κ2) is 11.9. The number of hydrogen-bond donors (Lipinski definition) is 2. The van der Waals surface area contributed by atoms with Gasteiger partial charge >= 0.3 is 0 Å². The molecule has 2 rings (SSSR count). The van der Waals surface area contributed by atoms with E-state index >= 15 is 0 Å². The number of nitrogens with zero attached hydrogens (tertiary/aromatic N) is 1. The van der Waals surface area contributed by atoms with Crippen LogP contribution in [0.3, 0.4) is 0 Å². The molecular weight excluding hydrogens is 370 g/mol. The van der Waals surface area contributed by atoms with Crippen LogP contribution < -0.4 is 10.6 Å². The van der Waals surface area contributed by atoms with Crippen LogP contribution in [0.5, 0.6) is 0 Å². The number of nitrogens with one attached hydrogen (secondary N) is 2. The molecule has 0 saturated carbocycles. The standard InChI is InChI=1S/C22H25N3O2S/c1-17(2)27-14-8-13-24-16-18(15-23)22(26)25-20-11-6-7-12-21(20)28-19-9-4-3-5-10-19/h3-7,9-12,16-17,24H,8,13-14H2,1-2H3,(H,25,26)/b18-16-. The van der Waals surface area contributed by atoms with Crippen molar-refractivity contribution in [3.8, 4) is 6.07 Å². The Morgan fingerprint density at radius 2 is 1.89 bits per heavy atom. The fourth-order valence-electron chi connectivity index (χ4n) is 2.28. The van der Waals surface area contributed by atoms with Crippen molar-refractivity contribution in [3.63, 3.8) is 0 Å². The van der Waals surface area contributed by atoms with Crippen LogP contribution in [0.2, 0.25) is 0 Å². The highest BCUT2D eigenvalue weighted by molar-refractivity contribution is 7.99. The average molecular weight is 396 g/mol. The summed E-state index contributed by atoms with van der Waals surface area (Å²) in [5, 5.41) is 15.1. The van der Waals surface area contributed by atoms with Crippen LogP contribution in [0.4, 0.5) is 5.69 Å². The molecule has 0 radical (unpaired) electrons. The van der Waals surface area contributed by atoms with Gasteiger partial charge in [-0.2, -0.15) is 5.26 Å². The molecule has 0 atom stereocenters. The van der Waals surface area contributed by atoms with Crippen LogP contribution >= 0.6 is 11.8 Å². The fourth-order valence-corrected chi connectivity index (χ4v) is 3.20. The number of para-hydroxylation sites is 1. The quantitative estimate of drug-likeness (QED) is 0.350. The Balaban J connectivity index is 1.95. The normalized spacial score (nSPS) is 11.1. The van der Waals surface area contributed by atoms with Gasteiger partial charge in [0.05, 0.1) is 11.8 Å². The first-order valence-corrected chi connectivity index (χ1v) is 10.0. The van der Waals surface area contributed by atoms with Gasteiger partial charge in [-0.1, -0.05) is 42.1 Å². The second-order valence-corrected chi connectivity index (χ2v) is 7.38. The Morgan fingerprint density at radius 1 is 1.18 bits per heavy atom. The number of amides is 1. The maximum Gasteiger partial charge on any atom is 0.267 e. The number of carbonyl (C=O) groups is 1. The molecule has 0 aliphatic rings. The van der Waals surface area contributed by atoms with Crippen molar-refractivity contribution in [1.82, 2.24) is 5.32 Å². The van der Waals surface area contributed by atoms with Crippen LogP contribution in [0.1, 0.15) is 20.3 Å². The molecule has 0 aromatic heterocycles. The largest absolute Gasteiger partial charge is 0.390 e. The smallest absolute Gasteiger partial charge is 0.267 e. The molecule has 0 saturated heterocycles. The molecule has 0 unspecified atom stereocenters. The first-order valence-electron chi connectivity index (χ1n) is 9.18. The maximum absolute atomic E-state index is 12.5. The first kappa shape index (κ1) is 21.5. The van der Waals surface area contributed by atoms with Crippen LogP contribution in [-0.2, 0) is 9.53 Å². The summed E-state index contributed by atoms with van der Waals surface area (Å²) in [6, 6.07) is 19.4. The van der Waals surface area contributed by atoms with E-state index in [1.165, 1.54) is 6.20 Å². The zero-order valence-electron chi connectivity index (χ0n) is 16.1. The number of hydrogen-bond acceptors (Lipinski definition) is 5. The first-order chi connectivity index (χ1) is 13.6. The molecule has 6 heteroatoms. The van der Waals surface area contributed by atoms with Gasteiger partial charge in [0.25, 0.3) is 5.91 Å². The van der Waals surface area contributed by atoms with Crippen LogP contribution in [0.15, 0.2) is 76.2 Å². The summed E-state index contributed by atoms with van der Waals surface area (Å²) in [5.74, 6) is -0.436. The second-order valence-electron chi connectivity index (χ2n) is 6.26. The third-order valence-corrected chi connectivity index (χ3v) is 4.72. The van der Waals surface area contributed by atoms with Crippen molar-refractivity contribution < 1.29 is 9.53 Å². The number of anilines is 1. The van der Waals surface area contributed by atoms with Crippen LogP contribution in [0, 0.1) is 11.3 Å². The van der Waals surface area contributed by atoms with Crippen molar-refractivity contribution in [2.75, 3.05) is 18.5 Å².